The van der Waals surface area contributed by atoms with Gasteiger partial charge in [0.15, 0.2) is 12.1 Å². The van der Waals surface area contributed by atoms with Crippen LogP contribution in [-0.2, 0) is 23.7 Å². The SMILES string of the molecule is CC1[C@H](N=[N+]=[N-])OC(C(=O)NC[C@H]2OC(O)C3OC(C)(C)O[C@@H]32)[C@H](C)[C@@H]1C. The summed E-state index contributed by atoms with van der Waals surface area (Å²) in [5.41, 5.74) is 8.73. The Hall–Kier alpha value is -1.42. The highest BCUT2D eigenvalue weighted by Gasteiger charge is 2.55. The number of nitrogens with one attached hydrogen (secondary N) is 1. The van der Waals surface area contributed by atoms with Gasteiger partial charge in [0.05, 0.1) is 0 Å². The zero-order valence-corrected chi connectivity index (χ0v) is 16.2. The number of nitrogens with zero attached hydrogens (tertiary/aromatic N) is 3. The number of rotatable bonds is 4. The number of azide groups is 1. The Bertz CT molecular complexity index is 625. The molecule has 10 nitrogen and oxygen atoms in total. The standard InChI is InChI=1S/C17H28N4O6/c1-7-8(2)11(25-15(9(7)3)20-21-18)14(22)19-6-10-12-13(16(23)24-10)27-17(4,5)26-12/h7-13,15-16,23H,6H2,1-5H3,(H,19,22)/t7-,8+,9?,10+,11?,12+,13?,15+,16?/m0/s1. The number of amides is 1. The summed E-state index contributed by atoms with van der Waals surface area (Å²) in [6.45, 7) is 9.60. The predicted molar refractivity (Wildman–Crippen MR) is 93.0 cm³/mol. The molecule has 10 heteroatoms. The number of hydrogen-bond acceptors (Lipinski definition) is 7. The predicted octanol–water partition coefficient (Wildman–Crippen LogP) is 1.28. The maximum Gasteiger partial charge on any atom is 0.249 e. The van der Waals surface area contributed by atoms with Crippen molar-refractivity contribution in [3.8, 4) is 0 Å². The molecule has 3 fully saturated rings. The van der Waals surface area contributed by atoms with Gasteiger partial charge in [-0.2, -0.15) is 0 Å². The molecule has 0 aromatic carbocycles. The number of carbonyl (C=O) groups is 1. The second-order valence-corrected chi connectivity index (χ2v) is 8.10. The van der Waals surface area contributed by atoms with Gasteiger partial charge in [-0.1, -0.05) is 25.9 Å². The summed E-state index contributed by atoms with van der Waals surface area (Å²) in [6, 6.07) is 0. The summed E-state index contributed by atoms with van der Waals surface area (Å²) in [4.78, 5) is 15.5. The zero-order valence-electron chi connectivity index (χ0n) is 16.2. The van der Waals surface area contributed by atoms with Crippen LogP contribution in [0.25, 0.3) is 10.4 Å². The molecule has 4 unspecified atom stereocenters. The molecule has 9 atom stereocenters. The van der Waals surface area contributed by atoms with Crippen LogP contribution in [0.4, 0.5) is 0 Å². The molecule has 1 amide bonds. The fourth-order valence-corrected chi connectivity index (χ4v) is 4.02. The minimum Gasteiger partial charge on any atom is -0.366 e. The molecule has 152 valence electrons. The van der Waals surface area contributed by atoms with Crippen molar-refractivity contribution < 1.29 is 28.8 Å². The average molecular weight is 384 g/mol. The van der Waals surface area contributed by atoms with Gasteiger partial charge in [0, 0.05) is 11.5 Å². The van der Waals surface area contributed by atoms with Crippen LogP contribution in [0, 0.1) is 17.8 Å². The maximum atomic E-state index is 12.7. The third-order valence-electron chi connectivity index (χ3n) is 5.90. The van der Waals surface area contributed by atoms with E-state index in [2.05, 4.69) is 15.3 Å². The van der Waals surface area contributed by atoms with E-state index in [-0.39, 0.29) is 30.2 Å². The molecule has 0 aromatic rings. The van der Waals surface area contributed by atoms with E-state index in [1.807, 2.05) is 20.8 Å². The van der Waals surface area contributed by atoms with Crippen molar-refractivity contribution in [3.63, 3.8) is 0 Å². The van der Waals surface area contributed by atoms with Crippen LogP contribution in [0.3, 0.4) is 0 Å². The lowest BCUT2D eigenvalue weighted by molar-refractivity contribution is -0.219. The van der Waals surface area contributed by atoms with Gasteiger partial charge < -0.3 is 29.4 Å². The molecule has 0 bridgehead atoms. The van der Waals surface area contributed by atoms with Crippen LogP contribution in [0.15, 0.2) is 5.11 Å². The number of aliphatic hydroxyl groups is 1. The maximum absolute atomic E-state index is 12.7. The van der Waals surface area contributed by atoms with Crippen molar-refractivity contribution in [1.82, 2.24) is 5.32 Å². The Balaban J connectivity index is 1.61. The third kappa shape index (κ3) is 3.91. The van der Waals surface area contributed by atoms with Crippen molar-refractivity contribution in [2.24, 2.45) is 22.9 Å². The lowest BCUT2D eigenvalue weighted by Crippen LogP contribution is -2.52. The number of ether oxygens (including phenoxy) is 4. The Labute approximate surface area is 158 Å². The third-order valence-corrected chi connectivity index (χ3v) is 5.90. The number of carbonyl (C=O) groups excluding carboxylic acids is 1. The summed E-state index contributed by atoms with van der Waals surface area (Å²) >= 11 is 0. The highest BCUT2D eigenvalue weighted by atomic mass is 16.8. The molecule has 3 saturated heterocycles. The Morgan fingerprint density at radius 3 is 2.48 bits per heavy atom. The van der Waals surface area contributed by atoms with E-state index in [1.54, 1.807) is 13.8 Å². The van der Waals surface area contributed by atoms with Crippen LogP contribution in [0.5, 0.6) is 0 Å². The van der Waals surface area contributed by atoms with Gasteiger partial charge in [-0.15, -0.1) is 0 Å². The van der Waals surface area contributed by atoms with E-state index >= 15 is 0 Å². The first kappa shape index (κ1) is 20.3. The van der Waals surface area contributed by atoms with Gasteiger partial charge in [0.2, 0.25) is 5.91 Å². The summed E-state index contributed by atoms with van der Waals surface area (Å²) in [5, 5.41) is 16.5. The van der Waals surface area contributed by atoms with E-state index in [9.17, 15) is 9.90 Å². The average Bonchev–Trinajstić information content (AvgIpc) is 3.07. The smallest absolute Gasteiger partial charge is 0.249 e. The second-order valence-electron chi connectivity index (χ2n) is 8.10. The van der Waals surface area contributed by atoms with Crippen molar-refractivity contribution in [2.45, 2.75) is 77.3 Å². The van der Waals surface area contributed by atoms with Gasteiger partial charge in [0.1, 0.15) is 30.6 Å². The van der Waals surface area contributed by atoms with E-state index in [0.717, 1.165) is 0 Å². The first-order chi connectivity index (χ1) is 12.6. The molecule has 3 rings (SSSR count). The molecule has 0 aromatic heterocycles. The van der Waals surface area contributed by atoms with Crippen LogP contribution in [-0.4, -0.2) is 60.3 Å². The summed E-state index contributed by atoms with van der Waals surface area (Å²) in [5.74, 6) is -0.999. The fraction of sp³-hybridized carbons (Fsp3) is 0.941. The largest absolute Gasteiger partial charge is 0.366 e. The highest BCUT2D eigenvalue weighted by Crippen LogP contribution is 2.38. The minimum atomic E-state index is -1.10. The van der Waals surface area contributed by atoms with Crippen LogP contribution in [0.1, 0.15) is 34.6 Å². The Morgan fingerprint density at radius 1 is 1.15 bits per heavy atom. The van der Waals surface area contributed by atoms with Gasteiger partial charge in [0.25, 0.3) is 0 Å². The topological polar surface area (TPSA) is 135 Å². The van der Waals surface area contributed by atoms with Crippen LogP contribution in [0.2, 0.25) is 0 Å². The first-order valence-corrected chi connectivity index (χ1v) is 9.31. The van der Waals surface area contributed by atoms with Crippen LogP contribution >= 0.6 is 0 Å². The van der Waals surface area contributed by atoms with Crippen molar-refractivity contribution in [3.05, 3.63) is 10.4 Å². The molecule has 27 heavy (non-hydrogen) atoms. The molecule has 3 aliphatic heterocycles. The molecule has 0 aliphatic carbocycles. The molecule has 0 spiro atoms. The molecule has 0 saturated carbocycles. The van der Waals surface area contributed by atoms with Gasteiger partial charge >= 0.3 is 0 Å². The quantitative estimate of drug-likeness (QED) is 0.426. The Morgan fingerprint density at radius 2 is 1.81 bits per heavy atom. The van der Waals surface area contributed by atoms with Crippen molar-refractivity contribution in [2.75, 3.05) is 6.54 Å². The number of hydrogen-bond donors (Lipinski definition) is 2. The highest BCUT2D eigenvalue weighted by molar-refractivity contribution is 5.81. The van der Waals surface area contributed by atoms with Gasteiger partial charge in [-0.25, -0.2) is 0 Å². The molecular weight excluding hydrogens is 356 g/mol. The van der Waals surface area contributed by atoms with E-state index in [1.165, 1.54) is 0 Å². The molecular formula is C17H28N4O6. The Kier molecular flexibility index (Phi) is 5.67. The molecule has 0 radical (unpaired) electrons. The summed E-state index contributed by atoms with van der Waals surface area (Å²) in [7, 11) is 0. The molecule has 2 N–H and O–H groups in total. The fourth-order valence-electron chi connectivity index (χ4n) is 4.02. The monoisotopic (exact) mass is 384 g/mol. The first-order valence-electron chi connectivity index (χ1n) is 9.31. The van der Waals surface area contributed by atoms with Gasteiger partial charge in [-0.3, -0.25) is 4.79 Å². The molecule has 3 aliphatic rings. The van der Waals surface area contributed by atoms with E-state index < -0.39 is 42.7 Å². The summed E-state index contributed by atoms with van der Waals surface area (Å²) < 4.78 is 22.7. The normalized spacial score (nSPS) is 45.8. The van der Waals surface area contributed by atoms with Crippen molar-refractivity contribution in [1.29, 1.82) is 0 Å². The van der Waals surface area contributed by atoms with Crippen LogP contribution < -0.4 is 5.32 Å². The van der Waals surface area contributed by atoms with E-state index in [4.69, 9.17) is 24.5 Å². The second kappa shape index (κ2) is 7.54. The van der Waals surface area contributed by atoms with Gasteiger partial charge in [-0.05, 0) is 37.1 Å². The zero-order chi connectivity index (χ0) is 19.9. The lowest BCUT2D eigenvalue weighted by atomic mass is 9.78. The molecule has 3 heterocycles. The summed E-state index contributed by atoms with van der Waals surface area (Å²) in [6.07, 6.45) is -4.08. The minimum absolute atomic E-state index is 0.0142. The number of fused-ring (bicyclic) bond motifs is 1. The number of aliphatic hydroxyl groups excluding tert-OH is 1. The van der Waals surface area contributed by atoms with E-state index in [0.29, 0.717) is 0 Å². The van der Waals surface area contributed by atoms with Crippen molar-refractivity contribution >= 4 is 5.91 Å². The lowest BCUT2D eigenvalue weighted by Gasteiger charge is -2.41.